The van der Waals surface area contributed by atoms with Crippen molar-refractivity contribution in [2.75, 3.05) is 5.75 Å². The molecule has 0 saturated heterocycles. The normalized spacial score (nSPS) is 15.1. The molecule has 1 aliphatic carbocycles. The van der Waals surface area contributed by atoms with Gasteiger partial charge in [-0.1, -0.05) is 48.2 Å². The third-order valence-corrected chi connectivity index (χ3v) is 7.90. The van der Waals surface area contributed by atoms with E-state index in [4.69, 9.17) is 4.98 Å². The van der Waals surface area contributed by atoms with Gasteiger partial charge in [-0.05, 0) is 66.5 Å². The van der Waals surface area contributed by atoms with Crippen LogP contribution in [-0.4, -0.2) is 21.2 Å². The first-order valence-electron chi connectivity index (χ1n) is 10.6. The molecule has 0 saturated carbocycles. The minimum absolute atomic E-state index is 0.0489. The number of fused-ring (bicyclic) bond motifs is 2. The monoisotopic (exact) mass is 461 g/mol. The number of benzene rings is 2. The highest BCUT2D eigenvalue weighted by Crippen LogP contribution is 2.31. The van der Waals surface area contributed by atoms with E-state index in [2.05, 4.69) is 17.4 Å². The minimum Gasteiger partial charge on any atom is -0.349 e. The summed E-state index contributed by atoms with van der Waals surface area (Å²) in [6, 6.07) is 16.1. The third-order valence-electron chi connectivity index (χ3n) is 6.07. The summed E-state index contributed by atoms with van der Waals surface area (Å²) < 4.78 is 2.28. The summed E-state index contributed by atoms with van der Waals surface area (Å²) in [4.78, 5) is 30.9. The molecule has 0 radical (unpaired) electrons. The van der Waals surface area contributed by atoms with Crippen LogP contribution in [0.4, 0.5) is 0 Å². The van der Waals surface area contributed by atoms with E-state index in [0.717, 1.165) is 29.7 Å². The van der Waals surface area contributed by atoms with Gasteiger partial charge >= 0.3 is 0 Å². The number of nitrogens with one attached hydrogen (secondary N) is 1. The summed E-state index contributed by atoms with van der Waals surface area (Å²) in [7, 11) is 0. The Morgan fingerprint density at radius 2 is 2.03 bits per heavy atom. The Morgan fingerprint density at radius 3 is 2.91 bits per heavy atom. The molecular weight excluding hydrogens is 438 g/mol. The second-order valence-electron chi connectivity index (χ2n) is 8.04. The van der Waals surface area contributed by atoms with Gasteiger partial charge < -0.3 is 5.32 Å². The van der Waals surface area contributed by atoms with Crippen molar-refractivity contribution in [3.05, 3.63) is 86.5 Å². The first-order valence-corrected chi connectivity index (χ1v) is 12.5. The molecule has 4 aromatic rings. The number of thioether (sulfide) groups is 1. The average molecular weight is 462 g/mol. The first kappa shape index (κ1) is 21.0. The van der Waals surface area contributed by atoms with Crippen LogP contribution in [0.5, 0.6) is 0 Å². The van der Waals surface area contributed by atoms with Gasteiger partial charge in [0.2, 0.25) is 5.91 Å². The van der Waals surface area contributed by atoms with Crippen LogP contribution in [0.1, 0.15) is 34.7 Å². The Labute approximate surface area is 194 Å². The molecule has 5 nitrogen and oxygen atoms in total. The fraction of sp³-hybridized carbons (Fsp3) is 0.240. The molecule has 7 heteroatoms. The molecule has 5 rings (SSSR count). The molecule has 2 heterocycles. The van der Waals surface area contributed by atoms with Gasteiger partial charge in [0.15, 0.2) is 5.16 Å². The summed E-state index contributed by atoms with van der Waals surface area (Å²) in [5.74, 6) is 0.148. The molecule has 0 spiro atoms. The van der Waals surface area contributed by atoms with E-state index in [1.54, 1.807) is 4.57 Å². The van der Waals surface area contributed by atoms with Gasteiger partial charge in [-0.3, -0.25) is 14.2 Å². The summed E-state index contributed by atoms with van der Waals surface area (Å²) in [5.41, 5.74) is 6.04. The molecule has 1 N–H and O–H groups in total. The van der Waals surface area contributed by atoms with E-state index >= 15 is 0 Å². The maximum Gasteiger partial charge on any atom is 0.276 e. The van der Waals surface area contributed by atoms with E-state index in [-0.39, 0.29) is 23.3 Å². The molecule has 162 valence electrons. The number of hydrogen-bond donors (Lipinski definition) is 1. The topological polar surface area (TPSA) is 64.0 Å². The quantitative estimate of drug-likeness (QED) is 0.337. The lowest BCUT2D eigenvalue weighted by Gasteiger charge is -2.16. The van der Waals surface area contributed by atoms with E-state index < -0.39 is 0 Å². The Kier molecular flexibility index (Phi) is 5.61. The Bertz CT molecular complexity index is 1390. The lowest BCUT2D eigenvalue weighted by molar-refractivity contribution is -0.119. The number of rotatable bonds is 5. The number of thiophene rings is 1. The lowest BCUT2D eigenvalue weighted by atomic mass is 10.1. The van der Waals surface area contributed by atoms with Crippen molar-refractivity contribution in [2.45, 2.75) is 37.9 Å². The third kappa shape index (κ3) is 3.76. The molecule has 2 aromatic heterocycles. The van der Waals surface area contributed by atoms with Crippen molar-refractivity contribution in [1.29, 1.82) is 0 Å². The summed E-state index contributed by atoms with van der Waals surface area (Å²) in [6.07, 6.45) is 1.90. The summed E-state index contributed by atoms with van der Waals surface area (Å²) in [6.45, 7) is 4.04. The van der Waals surface area contributed by atoms with Crippen molar-refractivity contribution < 1.29 is 4.79 Å². The number of hydrogen-bond acceptors (Lipinski definition) is 5. The van der Waals surface area contributed by atoms with Crippen LogP contribution in [0.2, 0.25) is 0 Å². The highest BCUT2D eigenvalue weighted by molar-refractivity contribution is 7.99. The second kappa shape index (κ2) is 8.56. The second-order valence-corrected chi connectivity index (χ2v) is 9.89. The van der Waals surface area contributed by atoms with Gasteiger partial charge in [0.1, 0.15) is 4.70 Å². The molecule has 0 aliphatic heterocycles. The zero-order valence-corrected chi connectivity index (χ0v) is 19.6. The maximum atomic E-state index is 13.4. The van der Waals surface area contributed by atoms with Crippen LogP contribution < -0.4 is 10.9 Å². The minimum atomic E-state index is -0.0914. The van der Waals surface area contributed by atoms with Gasteiger partial charge in [0.05, 0.1) is 23.0 Å². The number of nitrogens with zero attached hydrogens (tertiary/aromatic N) is 2. The van der Waals surface area contributed by atoms with Crippen LogP contribution >= 0.6 is 23.1 Å². The van der Waals surface area contributed by atoms with Crippen molar-refractivity contribution in [3.8, 4) is 5.69 Å². The number of carbonyl (C=O) groups is 1. The zero-order valence-electron chi connectivity index (χ0n) is 17.9. The molecule has 0 bridgehead atoms. The van der Waals surface area contributed by atoms with Crippen LogP contribution in [0.15, 0.2) is 63.9 Å². The number of aromatic nitrogens is 2. The first-order chi connectivity index (χ1) is 15.5. The average Bonchev–Trinajstić information content (AvgIpc) is 3.42. The molecule has 1 aliphatic rings. The lowest BCUT2D eigenvalue weighted by Crippen LogP contribution is -2.29. The van der Waals surface area contributed by atoms with Gasteiger partial charge in [-0.2, -0.15) is 0 Å². The standard InChI is InChI=1S/C25H23N3O2S2/c1-15-6-5-9-21(16(15)2)28-24(30)23-20(12-13-31-23)27-25(28)32-14-22(29)26-19-11-10-17-7-3-4-8-18(17)19/h3-9,12-13,19H,10-11,14H2,1-2H3,(H,26,29)/t19-/m1/s1. The van der Waals surface area contributed by atoms with E-state index in [1.165, 1.54) is 34.2 Å². The number of aryl methyl sites for hydroxylation is 2. The maximum absolute atomic E-state index is 13.4. The van der Waals surface area contributed by atoms with Crippen LogP contribution in [0.3, 0.4) is 0 Å². The smallest absolute Gasteiger partial charge is 0.276 e. The Morgan fingerprint density at radius 1 is 1.19 bits per heavy atom. The van der Waals surface area contributed by atoms with Crippen LogP contribution in [-0.2, 0) is 11.2 Å². The van der Waals surface area contributed by atoms with Crippen molar-refractivity contribution >= 4 is 39.2 Å². The van der Waals surface area contributed by atoms with Gasteiger partial charge in [-0.25, -0.2) is 4.98 Å². The summed E-state index contributed by atoms with van der Waals surface area (Å²) >= 11 is 2.70. The predicted octanol–water partition coefficient (Wildman–Crippen LogP) is 4.96. The highest BCUT2D eigenvalue weighted by Gasteiger charge is 2.24. The molecule has 2 aromatic carbocycles. The predicted molar refractivity (Wildman–Crippen MR) is 131 cm³/mol. The summed E-state index contributed by atoms with van der Waals surface area (Å²) in [5, 5.41) is 5.58. The van der Waals surface area contributed by atoms with Crippen LogP contribution in [0, 0.1) is 13.8 Å². The van der Waals surface area contributed by atoms with E-state index in [1.807, 2.05) is 55.6 Å². The number of carbonyl (C=O) groups excluding carboxylic acids is 1. The molecule has 1 atom stereocenters. The molecule has 0 unspecified atom stereocenters. The molecule has 0 fully saturated rings. The Hall–Kier alpha value is -2.90. The van der Waals surface area contributed by atoms with Crippen molar-refractivity contribution in [1.82, 2.24) is 14.9 Å². The molecule has 1 amide bonds. The van der Waals surface area contributed by atoms with E-state index in [9.17, 15) is 9.59 Å². The number of amides is 1. The van der Waals surface area contributed by atoms with Gasteiger partial charge in [0.25, 0.3) is 5.56 Å². The Balaban J connectivity index is 1.43. The van der Waals surface area contributed by atoms with Gasteiger partial charge in [-0.15, -0.1) is 11.3 Å². The SMILES string of the molecule is Cc1cccc(-n2c(SCC(=O)N[C@@H]3CCc4ccccc43)nc3ccsc3c2=O)c1C. The molecule has 32 heavy (non-hydrogen) atoms. The largest absolute Gasteiger partial charge is 0.349 e. The highest BCUT2D eigenvalue weighted by atomic mass is 32.2. The van der Waals surface area contributed by atoms with Crippen molar-refractivity contribution in [3.63, 3.8) is 0 Å². The fourth-order valence-corrected chi connectivity index (χ4v) is 5.83. The zero-order chi connectivity index (χ0) is 22.2. The van der Waals surface area contributed by atoms with Crippen LogP contribution in [0.25, 0.3) is 15.9 Å². The van der Waals surface area contributed by atoms with Crippen molar-refractivity contribution in [2.24, 2.45) is 0 Å². The van der Waals surface area contributed by atoms with Gasteiger partial charge in [0, 0.05) is 0 Å². The fourth-order valence-electron chi connectivity index (χ4n) is 4.25. The van der Waals surface area contributed by atoms with E-state index in [0.29, 0.717) is 15.4 Å². The molecular formula is C25H23N3O2S2.